The van der Waals surface area contributed by atoms with Crippen LogP contribution in [-0.2, 0) is 16.2 Å². The van der Waals surface area contributed by atoms with Crippen LogP contribution in [0.4, 0.5) is 0 Å². The summed E-state index contributed by atoms with van der Waals surface area (Å²) in [6.45, 7) is 3.43. The Hall–Kier alpha value is -3.97. The molecule has 2 aromatic carbocycles. The maximum Gasteiger partial charge on any atom is 0.295 e. The average Bonchev–Trinajstić information content (AvgIpc) is 3.13. The molecule has 0 aliphatic carbocycles. The first-order valence-electron chi connectivity index (χ1n) is 12.0. The minimum Gasteiger partial charge on any atom is -0.507 e. The molecule has 3 aromatic rings. The van der Waals surface area contributed by atoms with E-state index in [2.05, 4.69) is 4.98 Å². The van der Waals surface area contributed by atoms with Crippen molar-refractivity contribution in [3.8, 4) is 5.75 Å². The SMILES string of the molecule is Cc1cc(OCc2ccccc2)ccc1/C(O)=C1\C(=O)C(=O)N(CCCN(C)C)[C@@H]1c1cccnc1. The van der Waals surface area contributed by atoms with Crippen LogP contribution in [0.25, 0.3) is 5.76 Å². The number of ketones is 1. The van der Waals surface area contributed by atoms with Gasteiger partial charge in [-0.15, -0.1) is 0 Å². The van der Waals surface area contributed by atoms with Gasteiger partial charge in [0.2, 0.25) is 0 Å². The molecular formula is C29H31N3O4. The Morgan fingerprint density at radius 3 is 2.53 bits per heavy atom. The van der Waals surface area contributed by atoms with Gasteiger partial charge in [-0.3, -0.25) is 14.6 Å². The van der Waals surface area contributed by atoms with E-state index in [4.69, 9.17) is 4.74 Å². The molecule has 0 saturated carbocycles. The molecule has 0 unspecified atom stereocenters. The monoisotopic (exact) mass is 485 g/mol. The Morgan fingerprint density at radius 1 is 1.08 bits per heavy atom. The number of Topliss-reactive ketones (excluding diaryl/α,β-unsaturated/α-hetero) is 1. The van der Waals surface area contributed by atoms with Crippen molar-refractivity contribution in [2.45, 2.75) is 26.0 Å². The van der Waals surface area contributed by atoms with E-state index in [1.54, 1.807) is 35.5 Å². The molecule has 7 heteroatoms. The van der Waals surface area contributed by atoms with Crippen LogP contribution in [0, 0.1) is 6.92 Å². The molecule has 36 heavy (non-hydrogen) atoms. The first-order chi connectivity index (χ1) is 17.4. The molecule has 1 atom stereocenters. The maximum atomic E-state index is 13.2. The van der Waals surface area contributed by atoms with E-state index in [1.165, 1.54) is 0 Å². The van der Waals surface area contributed by atoms with E-state index in [-0.39, 0.29) is 11.3 Å². The number of ether oxygens (including phenoxy) is 1. The lowest BCUT2D eigenvalue weighted by Gasteiger charge is -2.25. The van der Waals surface area contributed by atoms with E-state index in [0.29, 0.717) is 36.4 Å². The van der Waals surface area contributed by atoms with Crippen molar-refractivity contribution in [3.63, 3.8) is 0 Å². The number of nitrogens with zero attached hydrogens (tertiary/aromatic N) is 3. The summed E-state index contributed by atoms with van der Waals surface area (Å²) in [5.41, 5.74) is 3.04. The third-order valence-corrected chi connectivity index (χ3v) is 6.25. The zero-order valence-corrected chi connectivity index (χ0v) is 20.8. The number of aryl methyl sites for hydroxylation is 1. The lowest BCUT2D eigenvalue weighted by molar-refractivity contribution is -0.139. The number of benzene rings is 2. The second-order valence-electron chi connectivity index (χ2n) is 9.19. The second-order valence-corrected chi connectivity index (χ2v) is 9.19. The van der Waals surface area contributed by atoms with Gasteiger partial charge in [0.05, 0.1) is 11.6 Å². The molecule has 1 amide bonds. The van der Waals surface area contributed by atoms with Crippen LogP contribution in [0.2, 0.25) is 0 Å². The van der Waals surface area contributed by atoms with Gasteiger partial charge in [0.1, 0.15) is 18.1 Å². The third-order valence-electron chi connectivity index (χ3n) is 6.25. The predicted octanol–water partition coefficient (Wildman–Crippen LogP) is 4.34. The fourth-order valence-electron chi connectivity index (χ4n) is 4.43. The normalized spacial score (nSPS) is 17.1. The highest BCUT2D eigenvalue weighted by Crippen LogP contribution is 2.40. The van der Waals surface area contributed by atoms with Crippen LogP contribution < -0.4 is 4.74 Å². The van der Waals surface area contributed by atoms with E-state index < -0.39 is 17.7 Å². The van der Waals surface area contributed by atoms with Gasteiger partial charge >= 0.3 is 0 Å². The van der Waals surface area contributed by atoms with Gasteiger partial charge in [0.15, 0.2) is 0 Å². The molecule has 1 saturated heterocycles. The highest BCUT2D eigenvalue weighted by Gasteiger charge is 2.46. The Balaban J connectivity index is 1.66. The maximum absolute atomic E-state index is 13.2. The van der Waals surface area contributed by atoms with Crippen molar-refractivity contribution >= 4 is 17.4 Å². The number of amides is 1. The van der Waals surface area contributed by atoms with Crippen LogP contribution in [0.3, 0.4) is 0 Å². The number of hydrogen-bond acceptors (Lipinski definition) is 6. The van der Waals surface area contributed by atoms with E-state index >= 15 is 0 Å². The molecule has 186 valence electrons. The molecule has 1 aromatic heterocycles. The molecule has 0 spiro atoms. The standard InChI is InChI=1S/C29H31N3O4/c1-20-17-23(36-19-21-9-5-4-6-10-21)12-13-24(20)27(33)25-26(22-11-7-14-30-18-22)32(29(35)28(25)34)16-8-15-31(2)3/h4-7,9-14,17-18,26,33H,8,15-16,19H2,1-3H3/b27-25+/t26-/m1/s1. The minimum absolute atomic E-state index is 0.0823. The van der Waals surface area contributed by atoms with Gasteiger partial charge < -0.3 is 19.6 Å². The molecule has 7 nitrogen and oxygen atoms in total. The highest BCUT2D eigenvalue weighted by molar-refractivity contribution is 6.46. The van der Waals surface area contributed by atoms with Gasteiger partial charge in [-0.25, -0.2) is 0 Å². The van der Waals surface area contributed by atoms with Crippen LogP contribution in [0.15, 0.2) is 78.6 Å². The number of carbonyl (C=O) groups excluding carboxylic acids is 2. The molecule has 1 fully saturated rings. The number of aliphatic hydroxyl groups excluding tert-OH is 1. The quantitative estimate of drug-likeness (QED) is 0.276. The lowest BCUT2D eigenvalue weighted by Crippen LogP contribution is -2.32. The predicted molar refractivity (Wildman–Crippen MR) is 138 cm³/mol. The molecule has 1 aliphatic heterocycles. The third kappa shape index (κ3) is 5.47. The summed E-state index contributed by atoms with van der Waals surface area (Å²) >= 11 is 0. The molecular weight excluding hydrogens is 454 g/mol. The summed E-state index contributed by atoms with van der Waals surface area (Å²) < 4.78 is 5.90. The Bertz CT molecular complexity index is 1260. The summed E-state index contributed by atoms with van der Waals surface area (Å²) in [6, 6.07) is 18.0. The zero-order valence-electron chi connectivity index (χ0n) is 20.8. The van der Waals surface area contributed by atoms with Crippen LogP contribution in [-0.4, -0.2) is 58.8 Å². The van der Waals surface area contributed by atoms with E-state index in [0.717, 1.165) is 17.7 Å². The summed E-state index contributed by atoms with van der Waals surface area (Å²) in [5.74, 6) is -0.829. The summed E-state index contributed by atoms with van der Waals surface area (Å²) in [4.78, 5) is 34.0. The summed E-state index contributed by atoms with van der Waals surface area (Å²) in [5, 5.41) is 11.4. The molecule has 1 aliphatic rings. The number of rotatable bonds is 9. The van der Waals surface area contributed by atoms with Crippen molar-refractivity contribution in [2.75, 3.05) is 27.2 Å². The second kappa shape index (κ2) is 11.2. The summed E-state index contributed by atoms with van der Waals surface area (Å²) in [7, 11) is 3.92. The fourth-order valence-corrected chi connectivity index (χ4v) is 4.43. The van der Waals surface area contributed by atoms with Crippen LogP contribution in [0.1, 0.15) is 34.7 Å². The highest BCUT2D eigenvalue weighted by atomic mass is 16.5. The number of pyridine rings is 1. The molecule has 2 heterocycles. The van der Waals surface area contributed by atoms with Crippen molar-refractivity contribution in [3.05, 3.63) is 101 Å². The van der Waals surface area contributed by atoms with Crippen molar-refractivity contribution in [2.24, 2.45) is 0 Å². The number of carbonyl (C=O) groups is 2. The van der Waals surface area contributed by atoms with Gasteiger partial charge in [-0.2, -0.15) is 0 Å². The van der Waals surface area contributed by atoms with Crippen molar-refractivity contribution < 1.29 is 19.4 Å². The Kier molecular flexibility index (Phi) is 7.80. The first kappa shape index (κ1) is 25.1. The van der Waals surface area contributed by atoms with Gasteiger partial charge in [0.25, 0.3) is 11.7 Å². The molecule has 4 rings (SSSR count). The zero-order chi connectivity index (χ0) is 25.7. The number of hydrogen-bond donors (Lipinski definition) is 1. The molecule has 1 N–H and O–H groups in total. The van der Waals surface area contributed by atoms with Gasteiger partial charge in [0, 0.05) is 24.5 Å². The smallest absolute Gasteiger partial charge is 0.295 e. The van der Waals surface area contributed by atoms with Crippen LogP contribution >= 0.6 is 0 Å². The van der Waals surface area contributed by atoms with Crippen molar-refractivity contribution in [1.29, 1.82) is 0 Å². The Morgan fingerprint density at radius 2 is 1.86 bits per heavy atom. The largest absolute Gasteiger partial charge is 0.507 e. The topological polar surface area (TPSA) is 83.0 Å². The first-order valence-corrected chi connectivity index (χ1v) is 12.0. The minimum atomic E-state index is -0.700. The Labute approximate surface area is 211 Å². The van der Waals surface area contributed by atoms with Crippen LogP contribution in [0.5, 0.6) is 5.75 Å². The van der Waals surface area contributed by atoms with Gasteiger partial charge in [-0.1, -0.05) is 36.4 Å². The number of aliphatic hydroxyl groups is 1. The average molecular weight is 486 g/mol. The van der Waals surface area contributed by atoms with E-state index in [9.17, 15) is 14.7 Å². The molecule has 0 bridgehead atoms. The fraction of sp³-hybridized carbons (Fsp3) is 0.276. The number of likely N-dealkylation sites (tertiary alicyclic amines) is 1. The van der Waals surface area contributed by atoms with E-state index in [1.807, 2.05) is 68.4 Å². The van der Waals surface area contributed by atoms with Crippen molar-refractivity contribution in [1.82, 2.24) is 14.8 Å². The lowest BCUT2D eigenvalue weighted by atomic mass is 9.94. The van der Waals surface area contributed by atoms with Gasteiger partial charge in [-0.05, 0) is 74.9 Å². The molecule has 0 radical (unpaired) electrons. The summed E-state index contributed by atoms with van der Waals surface area (Å²) in [6.07, 6.45) is 3.97. The number of aromatic nitrogens is 1.